The molecule has 0 radical (unpaired) electrons. The second kappa shape index (κ2) is 10.3. The largest absolute Gasteiger partial charge is 0.313 e. The van der Waals surface area contributed by atoms with Gasteiger partial charge in [-0.15, -0.1) is 0 Å². The van der Waals surface area contributed by atoms with E-state index in [1.807, 2.05) is 12.1 Å². The number of rotatable bonds is 4. The van der Waals surface area contributed by atoms with Gasteiger partial charge >= 0.3 is 0 Å². The number of fused-ring (bicyclic) bond motifs is 7. The summed E-state index contributed by atoms with van der Waals surface area (Å²) in [6.45, 7) is 11.1. The third-order valence-electron chi connectivity index (χ3n) is 11.8. The monoisotopic (exact) mass is 665 g/mol. The van der Waals surface area contributed by atoms with Crippen molar-refractivity contribution in [3.63, 3.8) is 0 Å². The molecule has 2 amide bonds. The number of carbonyl (C=O) groups is 3. The van der Waals surface area contributed by atoms with E-state index in [1.54, 1.807) is 20.2 Å². The van der Waals surface area contributed by atoms with Crippen molar-refractivity contribution in [1.82, 2.24) is 9.80 Å². The van der Waals surface area contributed by atoms with Gasteiger partial charge in [0.15, 0.2) is 5.11 Å². The molecule has 8 rings (SSSR count). The third-order valence-corrected chi connectivity index (χ3v) is 12.4. The maximum absolute atomic E-state index is 13.6. The van der Waals surface area contributed by atoms with Gasteiger partial charge < -0.3 is 4.90 Å². The highest BCUT2D eigenvalue weighted by Gasteiger charge is 2.49. The summed E-state index contributed by atoms with van der Waals surface area (Å²) in [6, 6.07) is 28.1. The number of carbonyl (C=O) groups excluding carboxylic acids is 3. The topological polar surface area (TPSA) is 60.9 Å². The first-order valence-electron chi connectivity index (χ1n) is 16.8. The lowest BCUT2D eigenvalue weighted by Crippen LogP contribution is -2.57. The van der Waals surface area contributed by atoms with Crippen molar-refractivity contribution in [3.8, 4) is 22.3 Å². The van der Waals surface area contributed by atoms with E-state index in [1.165, 1.54) is 37.6 Å². The number of aldehydes is 1. The second-order valence-corrected chi connectivity index (χ2v) is 15.5. The van der Waals surface area contributed by atoms with Crippen LogP contribution in [0.2, 0.25) is 0 Å². The number of allylic oxidation sites excluding steroid dienone is 2. The molecule has 49 heavy (non-hydrogen) atoms. The zero-order valence-electron chi connectivity index (χ0n) is 28.9. The fourth-order valence-corrected chi connectivity index (χ4v) is 9.27. The molecule has 1 saturated heterocycles. The van der Waals surface area contributed by atoms with Gasteiger partial charge in [0, 0.05) is 41.7 Å². The summed E-state index contributed by atoms with van der Waals surface area (Å²) < 4.78 is 0. The Bertz CT molecular complexity index is 2190. The summed E-state index contributed by atoms with van der Waals surface area (Å²) in [6.07, 6.45) is 2.88. The van der Waals surface area contributed by atoms with Gasteiger partial charge in [-0.1, -0.05) is 89.2 Å². The van der Waals surface area contributed by atoms with Crippen LogP contribution in [-0.2, 0) is 30.6 Å². The molecular formula is C42H39N3O3S. The summed E-state index contributed by atoms with van der Waals surface area (Å²) in [4.78, 5) is 44.6. The minimum atomic E-state index is -0.877. The van der Waals surface area contributed by atoms with E-state index in [9.17, 15) is 14.4 Å². The Labute approximate surface area is 293 Å². The van der Waals surface area contributed by atoms with Gasteiger partial charge in [-0.3, -0.25) is 24.2 Å². The number of hydrogen-bond acceptors (Lipinski definition) is 5. The first-order chi connectivity index (χ1) is 23.2. The average molecular weight is 666 g/mol. The number of hydrogen-bond donors (Lipinski definition) is 0. The Morgan fingerprint density at radius 3 is 1.92 bits per heavy atom. The molecule has 2 aliphatic heterocycles. The molecule has 1 fully saturated rings. The van der Waals surface area contributed by atoms with Gasteiger partial charge in [0.2, 0.25) is 11.8 Å². The predicted molar refractivity (Wildman–Crippen MR) is 198 cm³/mol. The van der Waals surface area contributed by atoms with Crippen molar-refractivity contribution in [1.29, 1.82) is 0 Å². The number of nitrogens with zero attached hydrogens (tertiary/aromatic N) is 3. The van der Waals surface area contributed by atoms with Gasteiger partial charge in [-0.2, -0.15) is 0 Å². The Morgan fingerprint density at radius 2 is 1.27 bits per heavy atom. The molecule has 4 aliphatic rings. The maximum atomic E-state index is 13.6. The van der Waals surface area contributed by atoms with Crippen LogP contribution in [0.5, 0.6) is 0 Å². The SMILES string of the molecule is CN1C(=O)C(CC2(C)c3ccccc3-c3ccc(N4/C(=C/C=O)C(C)(C)c5cc6c(cc54)C(C)(C)c4ccccc4-6)cc32)C(=O)N(C)C1=S. The molecule has 4 aromatic carbocycles. The smallest absolute Gasteiger partial charge is 0.241 e. The number of thiocarbonyl (C=S) groups is 1. The van der Waals surface area contributed by atoms with Crippen molar-refractivity contribution in [2.75, 3.05) is 19.0 Å². The highest BCUT2D eigenvalue weighted by Crippen LogP contribution is 2.59. The molecule has 2 heterocycles. The van der Waals surface area contributed by atoms with Crippen molar-refractivity contribution in [3.05, 3.63) is 118 Å². The molecule has 246 valence electrons. The van der Waals surface area contributed by atoms with Gasteiger partial charge in [0.25, 0.3) is 0 Å². The van der Waals surface area contributed by atoms with E-state index >= 15 is 0 Å². The van der Waals surface area contributed by atoms with Crippen LogP contribution in [0.4, 0.5) is 11.4 Å². The standard InChI is InChI=1S/C42H39N3O3S/c1-40(2)30-14-10-8-13-26(30)28-21-34-35(22-32(28)40)45(36(18-19-46)41(34,3)4)24-16-17-27-25-12-9-11-15-31(25)42(5,33(27)20-24)23-29-37(47)43(6)39(49)44(7)38(29)48/h8-22,29H,23H2,1-7H3/b36-18+. The van der Waals surface area contributed by atoms with Crippen LogP contribution in [0, 0.1) is 5.92 Å². The fourth-order valence-electron chi connectivity index (χ4n) is 9.09. The summed E-state index contributed by atoms with van der Waals surface area (Å²) in [5, 5.41) is 0.216. The van der Waals surface area contributed by atoms with E-state index in [-0.39, 0.29) is 22.3 Å². The zero-order chi connectivity index (χ0) is 34.8. The minimum absolute atomic E-state index is 0.187. The van der Waals surface area contributed by atoms with Crippen molar-refractivity contribution in [2.24, 2.45) is 5.92 Å². The van der Waals surface area contributed by atoms with Gasteiger partial charge in [0.1, 0.15) is 12.2 Å². The molecule has 0 saturated carbocycles. The molecule has 0 bridgehead atoms. The Kier molecular flexibility index (Phi) is 6.61. The lowest BCUT2D eigenvalue weighted by atomic mass is 9.72. The van der Waals surface area contributed by atoms with Crippen molar-refractivity contribution < 1.29 is 14.4 Å². The molecular weight excluding hydrogens is 627 g/mol. The quantitative estimate of drug-likeness (QED) is 0.0957. The van der Waals surface area contributed by atoms with Gasteiger partial charge in [0.05, 0.1) is 5.69 Å². The zero-order valence-corrected chi connectivity index (χ0v) is 29.7. The summed E-state index contributed by atoms with van der Waals surface area (Å²) in [5.74, 6) is -1.43. The first kappa shape index (κ1) is 31.4. The van der Waals surface area contributed by atoms with Crippen LogP contribution in [0.3, 0.4) is 0 Å². The number of anilines is 2. The van der Waals surface area contributed by atoms with Crippen LogP contribution in [0.1, 0.15) is 68.9 Å². The Balaban J connectivity index is 1.31. The molecule has 0 N–H and O–H groups in total. The fraction of sp³-hybridized carbons (Fsp3) is 0.286. The van der Waals surface area contributed by atoms with Crippen molar-refractivity contribution >= 4 is 46.8 Å². The average Bonchev–Trinajstić information content (AvgIpc) is 3.57. The van der Waals surface area contributed by atoms with Gasteiger partial charge in [-0.25, -0.2) is 0 Å². The Hall–Kier alpha value is -4.88. The lowest BCUT2D eigenvalue weighted by molar-refractivity contribution is -0.146. The van der Waals surface area contributed by atoms with E-state index in [2.05, 4.69) is 106 Å². The summed E-state index contributed by atoms with van der Waals surface area (Å²) >= 11 is 5.40. The molecule has 6 nitrogen and oxygen atoms in total. The van der Waals surface area contributed by atoms with Crippen LogP contribution < -0.4 is 4.90 Å². The molecule has 1 atom stereocenters. The third kappa shape index (κ3) is 4.05. The highest BCUT2D eigenvalue weighted by molar-refractivity contribution is 7.80. The van der Waals surface area contributed by atoms with Crippen LogP contribution >= 0.6 is 12.2 Å². The lowest BCUT2D eigenvalue weighted by Gasteiger charge is -2.39. The number of benzene rings is 4. The minimum Gasteiger partial charge on any atom is -0.313 e. The highest BCUT2D eigenvalue weighted by atomic mass is 32.1. The normalized spacial score (nSPS) is 22.3. The van der Waals surface area contributed by atoms with E-state index < -0.39 is 16.7 Å². The van der Waals surface area contributed by atoms with Crippen LogP contribution in [0.25, 0.3) is 22.3 Å². The van der Waals surface area contributed by atoms with E-state index in [4.69, 9.17) is 12.2 Å². The van der Waals surface area contributed by atoms with Crippen LogP contribution in [0.15, 0.2) is 90.6 Å². The first-order valence-corrected chi connectivity index (χ1v) is 17.2. The van der Waals surface area contributed by atoms with Gasteiger partial charge in [-0.05, 0) is 99.1 Å². The second-order valence-electron chi connectivity index (χ2n) is 15.2. The summed E-state index contributed by atoms with van der Waals surface area (Å²) in [5.41, 5.74) is 12.2. The molecule has 0 aromatic heterocycles. The maximum Gasteiger partial charge on any atom is 0.241 e. The Morgan fingerprint density at radius 1 is 0.673 bits per heavy atom. The van der Waals surface area contributed by atoms with Crippen molar-refractivity contribution in [2.45, 2.75) is 57.3 Å². The summed E-state index contributed by atoms with van der Waals surface area (Å²) in [7, 11) is 3.28. The molecule has 1 unspecified atom stereocenters. The molecule has 7 heteroatoms. The molecule has 0 spiro atoms. The number of amides is 2. The van der Waals surface area contributed by atoms with E-state index in [0.29, 0.717) is 6.42 Å². The molecule has 4 aromatic rings. The molecule has 2 aliphatic carbocycles. The van der Waals surface area contributed by atoms with E-state index in [0.717, 1.165) is 45.6 Å². The van der Waals surface area contributed by atoms with Crippen LogP contribution in [-0.4, -0.2) is 47.1 Å². The predicted octanol–water partition coefficient (Wildman–Crippen LogP) is 8.01.